The highest BCUT2D eigenvalue weighted by Crippen LogP contribution is 2.28. The first kappa shape index (κ1) is 21.5. The van der Waals surface area contributed by atoms with E-state index in [1.54, 1.807) is 24.3 Å². The number of anilines is 1. The number of primary sulfonamides is 1. The summed E-state index contributed by atoms with van der Waals surface area (Å²) in [7, 11) is -2.32. The van der Waals surface area contributed by atoms with Gasteiger partial charge in [0.2, 0.25) is 21.8 Å². The first-order chi connectivity index (χ1) is 14.1. The zero-order valence-electron chi connectivity index (χ0n) is 16.4. The Balaban J connectivity index is 1.83. The van der Waals surface area contributed by atoms with Crippen LogP contribution in [0.4, 0.5) is 5.69 Å². The highest BCUT2D eigenvalue weighted by atomic mass is 32.2. The fraction of sp³-hybridized carbons (Fsp3) is 0.250. The van der Waals surface area contributed by atoms with Crippen molar-refractivity contribution in [3.05, 3.63) is 54.1 Å². The van der Waals surface area contributed by atoms with Gasteiger partial charge in [0, 0.05) is 13.5 Å². The molecule has 1 heterocycles. The third-order valence-electron chi connectivity index (χ3n) is 4.84. The molecule has 1 saturated heterocycles. The number of carbonyl (C=O) groups is 3. The molecule has 2 N–H and O–H groups in total. The van der Waals surface area contributed by atoms with Crippen molar-refractivity contribution in [1.29, 1.82) is 0 Å². The molecule has 2 aromatic carbocycles. The second-order valence-electron chi connectivity index (χ2n) is 6.82. The van der Waals surface area contributed by atoms with Crippen LogP contribution in [-0.2, 0) is 31.0 Å². The van der Waals surface area contributed by atoms with Crippen LogP contribution >= 0.6 is 0 Å². The van der Waals surface area contributed by atoms with E-state index in [0.29, 0.717) is 17.0 Å². The summed E-state index contributed by atoms with van der Waals surface area (Å²) >= 11 is 0. The maximum Gasteiger partial charge on any atom is 0.257 e. The Morgan fingerprint density at radius 1 is 1.13 bits per heavy atom. The summed E-state index contributed by atoms with van der Waals surface area (Å²) in [6, 6.07) is 11.2. The van der Waals surface area contributed by atoms with Crippen molar-refractivity contribution in [3.63, 3.8) is 0 Å². The van der Waals surface area contributed by atoms with Gasteiger partial charge >= 0.3 is 0 Å². The third-order valence-corrected chi connectivity index (χ3v) is 5.77. The van der Waals surface area contributed by atoms with Crippen molar-refractivity contribution >= 4 is 33.4 Å². The molecule has 0 bridgehead atoms. The van der Waals surface area contributed by atoms with E-state index in [-0.39, 0.29) is 23.8 Å². The summed E-state index contributed by atoms with van der Waals surface area (Å²) < 4.78 is 27.9. The van der Waals surface area contributed by atoms with Crippen LogP contribution in [0.2, 0.25) is 0 Å². The molecule has 9 nitrogen and oxygen atoms in total. The van der Waals surface area contributed by atoms with Crippen LogP contribution < -0.4 is 14.8 Å². The molecule has 10 heteroatoms. The Morgan fingerprint density at radius 2 is 1.73 bits per heavy atom. The maximum absolute atomic E-state index is 13.0. The van der Waals surface area contributed by atoms with E-state index < -0.39 is 27.9 Å². The predicted octanol–water partition coefficient (Wildman–Crippen LogP) is 1.02. The summed E-state index contributed by atoms with van der Waals surface area (Å²) in [5, 5.41) is 5.09. The minimum absolute atomic E-state index is 0.0420. The highest BCUT2D eigenvalue weighted by molar-refractivity contribution is 7.89. The van der Waals surface area contributed by atoms with Gasteiger partial charge in [0.15, 0.2) is 0 Å². The lowest BCUT2D eigenvalue weighted by atomic mass is 10.1. The fourth-order valence-corrected chi connectivity index (χ4v) is 3.80. The summed E-state index contributed by atoms with van der Waals surface area (Å²) in [5.41, 5.74) is 0.995. The molecule has 158 valence electrons. The first-order valence-corrected chi connectivity index (χ1v) is 10.6. The van der Waals surface area contributed by atoms with E-state index in [4.69, 9.17) is 9.88 Å². The zero-order chi connectivity index (χ0) is 22.1. The fourth-order valence-electron chi connectivity index (χ4n) is 3.28. The van der Waals surface area contributed by atoms with Gasteiger partial charge in [-0.1, -0.05) is 12.1 Å². The van der Waals surface area contributed by atoms with Crippen LogP contribution in [0.5, 0.6) is 5.75 Å². The van der Waals surface area contributed by atoms with Crippen molar-refractivity contribution < 1.29 is 27.5 Å². The van der Waals surface area contributed by atoms with Gasteiger partial charge in [0.1, 0.15) is 11.8 Å². The van der Waals surface area contributed by atoms with Gasteiger partial charge in [0.25, 0.3) is 5.91 Å². The average Bonchev–Trinajstić information content (AvgIpc) is 2.99. The Kier molecular flexibility index (Phi) is 5.90. The monoisotopic (exact) mass is 431 g/mol. The number of sulfonamides is 1. The highest BCUT2D eigenvalue weighted by Gasteiger charge is 2.43. The Labute approximate surface area is 174 Å². The molecule has 0 saturated carbocycles. The molecule has 0 unspecified atom stereocenters. The minimum Gasteiger partial charge on any atom is -0.497 e. The molecular weight excluding hydrogens is 410 g/mol. The van der Waals surface area contributed by atoms with E-state index in [1.807, 2.05) is 0 Å². The van der Waals surface area contributed by atoms with Crippen molar-refractivity contribution in [2.75, 3.05) is 12.0 Å². The Bertz CT molecular complexity index is 1080. The van der Waals surface area contributed by atoms with Gasteiger partial charge in [-0.2, -0.15) is 0 Å². The largest absolute Gasteiger partial charge is 0.497 e. The quantitative estimate of drug-likeness (QED) is 0.681. The van der Waals surface area contributed by atoms with E-state index in [2.05, 4.69) is 0 Å². The van der Waals surface area contributed by atoms with Gasteiger partial charge in [0.05, 0.1) is 24.1 Å². The molecule has 30 heavy (non-hydrogen) atoms. The molecule has 1 aliphatic rings. The Morgan fingerprint density at radius 3 is 2.23 bits per heavy atom. The van der Waals surface area contributed by atoms with Crippen molar-refractivity contribution in [1.82, 2.24) is 4.90 Å². The lowest BCUT2D eigenvalue weighted by Gasteiger charge is -2.26. The number of ether oxygens (including phenoxy) is 1. The molecule has 1 fully saturated rings. The number of hydrogen-bond acceptors (Lipinski definition) is 6. The van der Waals surface area contributed by atoms with Crippen molar-refractivity contribution in [3.8, 4) is 5.75 Å². The van der Waals surface area contributed by atoms with Crippen molar-refractivity contribution in [2.45, 2.75) is 30.8 Å². The summed E-state index contributed by atoms with van der Waals surface area (Å²) in [6.45, 7) is 1.35. The normalized spacial score (nSPS) is 16.6. The lowest BCUT2D eigenvalue weighted by Crippen LogP contribution is -2.44. The molecule has 0 spiro atoms. The molecule has 2 aromatic rings. The zero-order valence-corrected chi connectivity index (χ0v) is 17.3. The van der Waals surface area contributed by atoms with Gasteiger partial charge < -0.3 is 9.64 Å². The third kappa shape index (κ3) is 4.34. The number of nitrogens with zero attached hydrogens (tertiary/aromatic N) is 2. The molecule has 0 radical (unpaired) electrons. The van der Waals surface area contributed by atoms with Gasteiger partial charge in [-0.05, 0) is 42.0 Å². The topological polar surface area (TPSA) is 127 Å². The molecule has 3 amide bonds. The van der Waals surface area contributed by atoms with E-state index in [1.165, 1.54) is 43.2 Å². The smallest absolute Gasteiger partial charge is 0.257 e. The number of rotatable bonds is 6. The molecule has 1 aliphatic heterocycles. The number of nitrogens with two attached hydrogens (primary N) is 1. The number of methoxy groups -OCH3 is 1. The first-order valence-electron chi connectivity index (χ1n) is 9.01. The van der Waals surface area contributed by atoms with Crippen LogP contribution in [0.15, 0.2) is 53.4 Å². The van der Waals surface area contributed by atoms with Crippen LogP contribution in [0, 0.1) is 0 Å². The van der Waals surface area contributed by atoms with E-state index in [0.717, 1.165) is 4.90 Å². The summed E-state index contributed by atoms with van der Waals surface area (Å²) in [5.74, 6) is -0.705. The van der Waals surface area contributed by atoms with Gasteiger partial charge in [-0.25, -0.2) is 18.5 Å². The standard InChI is InChI=1S/C20H21N3O6S/c1-13(24)22(12-14-3-9-17(10-4-14)30(21,27)28)18-11-19(25)23(20(18)26)15-5-7-16(29-2)8-6-15/h3-10,18H,11-12H2,1-2H3,(H2,21,27,28)/t18-/m1/s1. The number of carbonyl (C=O) groups excluding carboxylic acids is 3. The second kappa shape index (κ2) is 8.25. The van der Waals surface area contributed by atoms with Crippen LogP contribution in [-0.4, -0.2) is 44.2 Å². The number of imide groups is 1. The SMILES string of the molecule is COc1ccc(N2C(=O)C[C@@H](N(Cc3ccc(S(N)(=O)=O)cc3)C(C)=O)C2=O)cc1. The minimum atomic E-state index is -3.83. The predicted molar refractivity (Wildman–Crippen MR) is 108 cm³/mol. The molecule has 1 atom stereocenters. The van der Waals surface area contributed by atoms with Crippen LogP contribution in [0.3, 0.4) is 0 Å². The van der Waals surface area contributed by atoms with E-state index >= 15 is 0 Å². The summed E-state index contributed by atoms with van der Waals surface area (Å²) in [4.78, 5) is 40.1. The van der Waals surface area contributed by atoms with Gasteiger partial charge in [-0.15, -0.1) is 0 Å². The molecular formula is C20H21N3O6S. The van der Waals surface area contributed by atoms with Gasteiger partial charge in [-0.3, -0.25) is 14.4 Å². The average molecular weight is 431 g/mol. The molecule has 0 aliphatic carbocycles. The number of amides is 3. The number of benzene rings is 2. The maximum atomic E-state index is 13.0. The number of hydrogen-bond donors (Lipinski definition) is 1. The summed E-state index contributed by atoms with van der Waals surface area (Å²) in [6.07, 6.45) is -0.139. The second-order valence-corrected chi connectivity index (χ2v) is 8.38. The Hall–Kier alpha value is -3.24. The lowest BCUT2D eigenvalue weighted by molar-refractivity contribution is -0.137. The molecule has 0 aromatic heterocycles. The van der Waals surface area contributed by atoms with Crippen LogP contribution in [0.1, 0.15) is 18.9 Å². The van der Waals surface area contributed by atoms with E-state index in [9.17, 15) is 22.8 Å². The van der Waals surface area contributed by atoms with Crippen molar-refractivity contribution in [2.24, 2.45) is 5.14 Å². The van der Waals surface area contributed by atoms with Crippen LogP contribution in [0.25, 0.3) is 0 Å². The molecule has 3 rings (SSSR count).